The van der Waals surface area contributed by atoms with Gasteiger partial charge in [0.25, 0.3) is 11.5 Å². The van der Waals surface area contributed by atoms with Crippen molar-refractivity contribution < 1.29 is 18.3 Å². The second-order valence-electron chi connectivity index (χ2n) is 6.39. The van der Waals surface area contributed by atoms with Crippen molar-refractivity contribution in [3.63, 3.8) is 0 Å². The number of ether oxygens (including phenoxy) is 1. The Balaban J connectivity index is 1.72. The third kappa shape index (κ3) is 5.05. The summed E-state index contributed by atoms with van der Waals surface area (Å²) >= 11 is 4.71. The van der Waals surface area contributed by atoms with Crippen molar-refractivity contribution in [2.45, 2.75) is 18.0 Å². The number of pyridine rings is 1. The van der Waals surface area contributed by atoms with Crippen LogP contribution in [0.4, 0.5) is 14.5 Å². The lowest BCUT2D eigenvalue weighted by Gasteiger charge is -2.15. The lowest BCUT2D eigenvalue weighted by molar-refractivity contribution is -0.0964. The Labute approximate surface area is 159 Å². The number of likely N-dealkylation sites (tertiary alicyclic amines) is 1. The van der Waals surface area contributed by atoms with E-state index in [0.29, 0.717) is 11.3 Å². The van der Waals surface area contributed by atoms with Crippen molar-refractivity contribution in [1.29, 1.82) is 0 Å². The van der Waals surface area contributed by atoms with Crippen LogP contribution in [0.5, 0.6) is 5.75 Å². The predicted molar refractivity (Wildman–Crippen MR) is 97.7 cm³/mol. The fraction of sp³-hybridized carbons (Fsp3) is 0.333. The number of halogens is 3. The molecule has 0 bridgehead atoms. The molecule has 144 valence electrons. The number of benzene rings is 1. The number of alkyl halides is 3. The van der Waals surface area contributed by atoms with E-state index in [1.807, 2.05) is 7.05 Å². The predicted octanol–water partition coefficient (Wildman–Crippen LogP) is 3.15. The van der Waals surface area contributed by atoms with Gasteiger partial charge in [0.2, 0.25) is 0 Å². The van der Waals surface area contributed by atoms with Gasteiger partial charge in [-0.15, -0.1) is 8.78 Å². The van der Waals surface area contributed by atoms with Gasteiger partial charge >= 0.3 is 5.57 Å². The Kier molecular flexibility index (Phi) is 5.48. The Morgan fingerprint density at radius 3 is 2.56 bits per heavy atom. The molecular weight excluding hydrogens is 380 g/mol. The van der Waals surface area contributed by atoms with Crippen LogP contribution in [0.3, 0.4) is 0 Å². The van der Waals surface area contributed by atoms with E-state index in [-0.39, 0.29) is 17.4 Å². The minimum Gasteiger partial charge on any atom is -0.420 e. The van der Waals surface area contributed by atoms with Crippen LogP contribution >= 0.6 is 11.6 Å². The average molecular weight is 398 g/mol. The van der Waals surface area contributed by atoms with Gasteiger partial charge in [-0.3, -0.25) is 9.59 Å². The molecule has 1 atom stereocenters. The summed E-state index contributed by atoms with van der Waals surface area (Å²) in [5.74, 6) is -0.543. The average Bonchev–Trinajstić information content (AvgIpc) is 3.02. The highest BCUT2D eigenvalue weighted by Gasteiger charge is 2.27. The first-order valence-electron chi connectivity index (χ1n) is 8.29. The SMILES string of the molecule is CN1CC[C@H](n2cc(C(=O)Nc3ccc(OC(F)(F)Cl)cc3)ccc2=O)C1. The quantitative estimate of drug-likeness (QED) is 0.787. The van der Waals surface area contributed by atoms with E-state index in [4.69, 9.17) is 11.6 Å². The summed E-state index contributed by atoms with van der Waals surface area (Å²) in [7, 11) is 1.98. The lowest BCUT2D eigenvalue weighted by Crippen LogP contribution is -2.27. The Morgan fingerprint density at radius 2 is 1.96 bits per heavy atom. The summed E-state index contributed by atoms with van der Waals surface area (Å²) in [6, 6.07) is 8.22. The normalized spacial score (nSPS) is 17.7. The number of amides is 1. The van der Waals surface area contributed by atoms with Gasteiger partial charge in [0, 0.05) is 36.1 Å². The maximum absolute atomic E-state index is 12.6. The topological polar surface area (TPSA) is 63.6 Å². The van der Waals surface area contributed by atoms with Crippen LogP contribution in [0, 0.1) is 0 Å². The van der Waals surface area contributed by atoms with Crippen LogP contribution in [-0.2, 0) is 0 Å². The molecule has 6 nitrogen and oxygen atoms in total. The Morgan fingerprint density at radius 1 is 1.26 bits per heavy atom. The molecule has 1 saturated heterocycles. The zero-order valence-corrected chi connectivity index (χ0v) is 15.2. The van der Waals surface area contributed by atoms with Gasteiger partial charge < -0.3 is 19.5 Å². The first-order valence-corrected chi connectivity index (χ1v) is 8.67. The number of carbonyl (C=O) groups is 1. The Bertz CT molecular complexity index is 881. The van der Waals surface area contributed by atoms with Gasteiger partial charge in [-0.05, 0) is 50.3 Å². The first-order chi connectivity index (χ1) is 12.7. The molecule has 1 aromatic carbocycles. The third-order valence-corrected chi connectivity index (χ3v) is 4.38. The summed E-state index contributed by atoms with van der Waals surface area (Å²) < 4.78 is 31.0. The zero-order valence-electron chi connectivity index (χ0n) is 14.5. The van der Waals surface area contributed by atoms with E-state index < -0.39 is 11.5 Å². The van der Waals surface area contributed by atoms with Crippen LogP contribution in [0.2, 0.25) is 0 Å². The van der Waals surface area contributed by atoms with Crippen LogP contribution in [0.25, 0.3) is 0 Å². The van der Waals surface area contributed by atoms with Crippen molar-refractivity contribution in [2.24, 2.45) is 0 Å². The molecule has 0 aliphatic carbocycles. The molecule has 0 saturated carbocycles. The van der Waals surface area contributed by atoms with Crippen molar-refractivity contribution >= 4 is 23.2 Å². The molecule has 0 unspecified atom stereocenters. The van der Waals surface area contributed by atoms with Crippen molar-refractivity contribution in [3.05, 3.63) is 58.5 Å². The number of hydrogen-bond donors (Lipinski definition) is 1. The maximum atomic E-state index is 12.6. The minimum absolute atomic E-state index is 0.0314. The van der Waals surface area contributed by atoms with E-state index in [2.05, 4.69) is 15.0 Å². The second kappa shape index (κ2) is 7.66. The van der Waals surface area contributed by atoms with Gasteiger partial charge in [0.15, 0.2) is 0 Å². The molecule has 1 amide bonds. The lowest BCUT2D eigenvalue weighted by atomic mass is 10.2. The standard InChI is InChI=1S/C18H18ClF2N3O3/c1-23-9-8-14(11-23)24-10-12(2-7-16(24)25)17(26)22-13-3-5-15(6-4-13)27-18(19,20)21/h2-7,10,14H,8-9,11H2,1H3,(H,22,26)/t14-/m0/s1. The number of nitrogens with zero attached hydrogens (tertiary/aromatic N) is 2. The van der Waals surface area contributed by atoms with Crippen LogP contribution in [0.1, 0.15) is 22.8 Å². The van der Waals surface area contributed by atoms with Crippen LogP contribution in [0.15, 0.2) is 47.4 Å². The highest BCUT2D eigenvalue weighted by molar-refractivity contribution is 6.20. The van der Waals surface area contributed by atoms with Gasteiger partial charge in [0.05, 0.1) is 11.6 Å². The molecule has 1 aliphatic rings. The van der Waals surface area contributed by atoms with Crippen molar-refractivity contribution in [1.82, 2.24) is 9.47 Å². The minimum atomic E-state index is -3.80. The summed E-state index contributed by atoms with van der Waals surface area (Å²) in [4.78, 5) is 26.7. The number of carbonyl (C=O) groups excluding carboxylic acids is 1. The van der Waals surface area contributed by atoms with E-state index in [9.17, 15) is 18.4 Å². The fourth-order valence-electron chi connectivity index (χ4n) is 3.01. The number of rotatable bonds is 5. The maximum Gasteiger partial charge on any atom is 0.487 e. The van der Waals surface area contributed by atoms with Crippen molar-refractivity contribution in [3.8, 4) is 5.75 Å². The van der Waals surface area contributed by atoms with E-state index >= 15 is 0 Å². The fourth-order valence-corrected chi connectivity index (χ4v) is 3.09. The Hall–Kier alpha value is -2.45. The largest absolute Gasteiger partial charge is 0.487 e. The number of hydrogen-bond acceptors (Lipinski definition) is 4. The van der Waals surface area contributed by atoms with Crippen molar-refractivity contribution in [2.75, 3.05) is 25.5 Å². The molecule has 27 heavy (non-hydrogen) atoms. The summed E-state index contributed by atoms with van der Waals surface area (Å²) in [5.41, 5.74) is -3.23. The smallest absolute Gasteiger partial charge is 0.420 e. The molecular formula is C18H18ClF2N3O3. The molecule has 3 rings (SSSR count). The summed E-state index contributed by atoms with van der Waals surface area (Å²) in [5, 5.41) is 2.65. The number of anilines is 1. The molecule has 1 N–H and O–H groups in total. The number of likely N-dealkylation sites (N-methyl/N-ethyl adjacent to an activating group) is 1. The molecule has 2 heterocycles. The van der Waals surface area contributed by atoms with E-state index in [1.165, 1.54) is 36.4 Å². The molecule has 1 aliphatic heterocycles. The third-order valence-electron chi connectivity index (χ3n) is 4.31. The molecule has 1 fully saturated rings. The number of nitrogens with one attached hydrogen (secondary N) is 1. The molecule has 2 aromatic rings. The highest BCUT2D eigenvalue weighted by atomic mass is 35.5. The van der Waals surface area contributed by atoms with E-state index in [0.717, 1.165) is 19.5 Å². The number of aromatic nitrogens is 1. The first kappa shape index (κ1) is 19.3. The van der Waals surface area contributed by atoms with Crippen LogP contribution in [-0.4, -0.2) is 41.1 Å². The summed E-state index contributed by atoms with van der Waals surface area (Å²) in [6.07, 6.45) is 2.39. The molecule has 0 spiro atoms. The zero-order chi connectivity index (χ0) is 19.6. The second-order valence-corrected chi connectivity index (χ2v) is 6.83. The van der Waals surface area contributed by atoms with Gasteiger partial charge in [-0.1, -0.05) is 0 Å². The van der Waals surface area contributed by atoms with Gasteiger partial charge in [0.1, 0.15) is 5.75 Å². The highest BCUT2D eigenvalue weighted by Crippen LogP contribution is 2.26. The monoisotopic (exact) mass is 397 g/mol. The summed E-state index contributed by atoms with van der Waals surface area (Å²) in [6.45, 7) is 1.64. The molecule has 9 heteroatoms. The van der Waals surface area contributed by atoms with Crippen LogP contribution < -0.4 is 15.6 Å². The molecule has 0 radical (unpaired) electrons. The molecule has 1 aromatic heterocycles. The van der Waals surface area contributed by atoms with E-state index in [1.54, 1.807) is 10.8 Å². The van der Waals surface area contributed by atoms with Gasteiger partial charge in [-0.25, -0.2) is 0 Å². The van der Waals surface area contributed by atoms with Gasteiger partial charge in [-0.2, -0.15) is 0 Å².